The van der Waals surface area contributed by atoms with Crippen molar-refractivity contribution in [2.75, 3.05) is 5.32 Å². The minimum Gasteiger partial charge on any atom is -0.323 e. The van der Waals surface area contributed by atoms with Crippen LogP contribution in [0.4, 0.5) is 10.1 Å². The number of benzene rings is 1. The molecule has 0 saturated carbocycles. The van der Waals surface area contributed by atoms with Crippen LogP contribution in [-0.4, -0.2) is 10.9 Å². The summed E-state index contributed by atoms with van der Waals surface area (Å²) in [6, 6.07) is 6.46. The van der Waals surface area contributed by atoms with E-state index in [-0.39, 0.29) is 23.0 Å². The van der Waals surface area contributed by atoms with Gasteiger partial charge in [0.05, 0.1) is 22.8 Å². The Labute approximate surface area is 139 Å². The fourth-order valence-electron chi connectivity index (χ4n) is 1.87. The van der Waals surface area contributed by atoms with E-state index in [1.165, 1.54) is 23.5 Å². The van der Waals surface area contributed by atoms with Crippen molar-refractivity contribution in [2.24, 2.45) is 0 Å². The minimum atomic E-state index is -0.630. The highest BCUT2D eigenvalue weighted by molar-refractivity contribution is 7.14. The summed E-state index contributed by atoms with van der Waals surface area (Å²) in [5.74, 6) is -0.960. The van der Waals surface area contributed by atoms with Gasteiger partial charge in [0.1, 0.15) is 5.01 Å². The number of carbonyl (C=O) groups is 1. The van der Waals surface area contributed by atoms with E-state index < -0.39 is 5.82 Å². The molecule has 0 aliphatic heterocycles. The first kappa shape index (κ1) is 15.1. The lowest BCUT2D eigenvalue weighted by Crippen LogP contribution is -2.15. The first-order valence-electron chi connectivity index (χ1n) is 6.34. The molecule has 3 aromatic rings. The predicted octanol–water partition coefficient (Wildman–Crippen LogP) is 4.85. The molecule has 0 spiro atoms. The average molecular weight is 353 g/mol. The number of thiazole rings is 1. The summed E-state index contributed by atoms with van der Waals surface area (Å²) in [4.78, 5) is 16.4. The molecule has 2 heterocycles. The number of halogens is 2. The summed E-state index contributed by atoms with van der Waals surface area (Å²) in [6.07, 6.45) is 0.0899. The fourth-order valence-corrected chi connectivity index (χ4v) is 3.57. The molecule has 1 N–H and O–H groups in total. The van der Waals surface area contributed by atoms with Gasteiger partial charge in [0, 0.05) is 16.3 Å². The molecule has 0 aliphatic carbocycles. The van der Waals surface area contributed by atoms with Gasteiger partial charge in [0.15, 0.2) is 5.82 Å². The molecular formula is C15H10ClFN2OS2. The number of aromatic nitrogens is 1. The highest BCUT2D eigenvalue weighted by atomic mass is 35.5. The lowest BCUT2D eigenvalue weighted by molar-refractivity contribution is -0.115. The van der Waals surface area contributed by atoms with Crippen molar-refractivity contribution < 1.29 is 9.18 Å². The lowest BCUT2D eigenvalue weighted by Gasteiger charge is -2.06. The van der Waals surface area contributed by atoms with E-state index in [0.717, 1.165) is 10.6 Å². The molecule has 7 heteroatoms. The van der Waals surface area contributed by atoms with Gasteiger partial charge in [0.25, 0.3) is 0 Å². The SMILES string of the molecule is O=C(Cc1csc(-c2ccsc2)n1)Nc1cccc(Cl)c1F. The van der Waals surface area contributed by atoms with Crippen molar-refractivity contribution in [3.63, 3.8) is 0 Å². The van der Waals surface area contributed by atoms with Crippen molar-refractivity contribution >= 4 is 45.9 Å². The van der Waals surface area contributed by atoms with Gasteiger partial charge < -0.3 is 5.32 Å². The lowest BCUT2D eigenvalue weighted by atomic mass is 10.2. The number of amides is 1. The number of nitrogens with zero attached hydrogens (tertiary/aromatic N) is 1. The molecule has 0 saturated heterocycles. The van der Waals surface area contributed by atoms with Crippen molar-refractivity contribution in [3.8, 4) is 10.6 Å². The molecule has 0 aliphatic rings. The largest absolute Gasteiger partial charge is 0.323 e. The zero-order valence-electron chi connectivity index (χ0n) is 11.2. The van der Waals surface area contributed by atoms with Crippen LogP contribution in [0, 0.1) is 5.82 Å². The second-order valence-electron chi connectivity index (χ2n) is 4.48. The molecule has 2 aromatic heterocycles. The molecule has 0 radical (unpaired) electrons. The van der Waals surface area contributed by atoms with Crippen LogP contribution in [0.15, 0.2) is 40.4 Å². The fraction of sp³-hybridized carbons (Fsp3) is 0.0667. The van der Waals surface area contributed by atoms with Crippen LogP contribution in [-0.2, 0) is 11.2 Å². The number of nitrogens with one attached hydrogen (secondary N) is 1. The monoisotopic (exact) mass is 352 g/mol. The van der Waals surface area contributed by atoms with Crippen LogP contribution >= 0.6 is 34.3 Å². The number of thiophene rings is 1. The summed E-state index contributed by atoms with van der Waals surface area (Å²) in [5.41, 5.74) is 1.78. The Balaban J connectivity index is 1.68. The van der Waals surface area contributed by atoms with E-state index >= 15 is 0 Å². The highest BCUT2D eigenvalue weighted by Gasteiger charge is 2.12. The van der Waals surface area contributed by atoms with E-state index in [1.54, 1.807) is 17.4 Å². The van der Waals surface area contributed by atoms with E-state index in [2.05, 4.69) is 10.3 Å². The van der Waals surface area contributed by atoms with Gasteiger partial charge in [-0.15, -0.1) is 11.3 Å². The van der Waals surface area contributed by atoms with Crippen LogP contribution < -0.4 is 5.32 Å². The molecule has 0 bridgehead atoms. The Morgan fingerprint density at radius 1 is 1.32 bits per heavy atom. The van der Waals surface area contributed by atoms with Crippen LogP contribution in [0.25, 0.3) is 10.6 Å². The smallest absolute Gasteiger partial charge is 0.230 e. The van der Waals surface area contributed by atoms with Gasteiger partial charge in [-0.3, -0.25) is 4.79 Å². The summed E-state index contributed by atoms with van der Waals surface area (Å²) >= 11 is 8.76. The van der Waals surface area contributed by atoms with Crippen LogP contribution in [0.3, 0.4) is 0 Å². The molecule has 112 valence electrons. The Hall–Kier alpha value is -1.76. The van der Waals surface area contributed by atoms with E-state index in [1.807, 2.05) is 22.2 Å². The summed E-state index contributed by atoms with van der Waals surface area (Å²) in [6.45, 7) is 0. The van der Waals surface area contributed by atoms with E-state index in [4.69, 9.17) is 11.6 Å². The molecule has 1 amide bonds. The van der Waals surface area contributed by atoms with Crippen LogP contribution in [0.2, 0.25) is 5.02 Å². The quantitative estimate of drug-likeness (QED) is 0.729. The van der Waals surface area contributed by atoms with Gasteiger partial charge in [-0.2, -0.15) is 11.3 Å². The van der Waals surface area contributed by atoms with Crippen molar-refractivity contribution in [1.82, 2.24) is 4.98 Å². The first-order valence-corrected chi connectivity index (χ1v) is 8.54. The van der Waals surface area contributed by atoms with Crippen LogP contribution in [0.5, 0.6) is 0 Å². The van der Waals surface area contributed by atoms with Gasteiger partial charge >= 0.3 is 0 Å². The zero-order valence-corrected chi connectivity index (χ0v) is 13.6. The normalized spacial score (nSPS) is 10.6. The van der Waals surface area contributed by atoms with Crippen LogP contribution in [0.1, 0.15) is 5.69 Å². The maximum atomic E-state index is 13.7. The first-order chi connectivity index (χ1) is 10.6. The third-order valence-electron chi connectivity index (χ3n) is 2.89. The number of hydrogen-bond donors (Lipinski definition) is 1. The minimum absolute atomic E-state index is 0.0220. The van der Waals surface area contributed by atoms with E-state index in [0.29, 0.717) is 5.69 Å². The molecule has 3 nitrogen and oxygen atoms in total. The Morgan fingerprint density at radius 3 is 2.95 bits per heavy atom. The molecule has 0 unspecified atom stereocenters. The highest BCUT2D eigenvalue weighted by Crippen LogP contribution is 2.26. The number of anilines is 1. The average Bonchev–Trinajstić information content (AvgIpc) is 3.14. The maximum Gasteiger partial charge on any atom is 0.230 e. The maximum absolute atomic E-state index is 13.7. The molecule has 0 fully saturated rings. The summed E-state index contributed by atoms with van der Waals surface area (Å²) in [5, 5.41) is 9.18. The second kappa shape index (κ2) is 6.56. The second-order valence-corrected chi connectivity index (χ2v) is 6.53. The van der Waals surface area contributed by atoms with E-state index in [9.17, 15) is 9.18 Å². The Morgan fingerprint density at radius 2 is 2.18 bits per heavy atom. The van der Waals surface area contributed by atoms with Crippen molar-refractivity contribution in [1.29, 1.82) is 0 Å². The molecule has 22 heavy (non-hydrogen) atoms. The summed E-state index contributed by atoms with van der Waals surface area (Å²) in [7, 11) is 0. The Kier molecular flexibility index (Phi) is 4.52. The molecule has 3 rings (SSSR count). The third kappa shape index (κ3) is 3.35. The third-order valence-corrected chi connectivity index (χ3v) is 4.80. The molecule has 1 aromatic carbocycles. The topological polar surface area (TPSA) is 42.0 Å². The predicted molar refractivity (Wildman–Crippen MR) is 89.2 cm³/mol. The van der Waals surface area contributed by atoms with Gasteiger partial charge in [-0.05, 0) is 23.6 Å². The van der Waals surface area contributed by atoms with Gasteiger partial charge in [-0.1, -0.05) is 17.7 Å². The Bertz CT molecular complexity index is 802. The number of rotatable bonds is 4. The van der Waals surface area contributed by atoms with Gasteiger partial charge in [0.2, 0.25) is 5.91 Å². The summed E-state index contributed by atoms with van der Waals surface area (Å²) < 4.78 is 13.7. The van der Waals surface area contributed by atoms with Crippen molar-refractivity contribution in [3.05, 3.63) is 56.9 Å². The number of hydrogen-bond acceptors (Lipinski definition) is 4. The van der Waals surface area contributed by atoms with Gasteiger partial charge in [-0.25, -0.2) is 9.37 Å². The standard InChI is InChI=1S/C15H10ClFN2OS2/c16-11-2-1-3-12(14(11)17)19-13(20)6-10-8-22-15(18-10)9-4-5-21-7-9/h1-5,7-8H,6H2,(H,19,20). The molecular weight excluding hydrogens is 343 g/mol. The molecule has 0 atom stereocenters. The zero-order chi connectivity index (χ0) is 15.5. The number of carbonyl (C=O) groups excluding carboxylic acids is 1. The van der Waals surface area contributed by atoms with Crippen molar-refractivity contribution in [2.45, 2.75) is 6.42 Å².